The first-order valence-corrected chi connectivity index (χ1v) is 7.80. The molecular weight excluding hydrogens is 346 g/mol. The molecule has 2 aromatic rings. The van der Waals surface area contributed by atoms with Crippen LogP contribution in [0.5, 0.6) is 5.75 Å². The fraction of sp³-hybridized carbons (Fsp3) is 0.235. The Balaban J connectivity index is 1.93. The van der Waals surface area contributed by atoms with Crippen LogP contribution in [0.25, 0.3) is 0 Å². The molecule has 5 heteroatoms. The number of halogens is 1. The van der Waals surface area contributed by atoms with E-state index in [-0.39, 0.29) is 11.8 Å². The first-order chi connectivity index (χ1) is 10.6. The van der Waals surface area contributed by atoms with Gasteiger partial charge in [0.05, 0.1) is 23.2 Å². The van der Waals surface area contributed by atoms with Gasteiger partial charge in [-0.3, -0.25) is 9.69 Å². The molecule has 1 N–H and O–H groups in total. The van der Waals surface area contributed by atoms with Crippen LogP contribution >= 0.6 is 15.9 Å². The number of ether oxygens (including phenoxy) is 1. The molecule has 0 radical (unpaired) electrons. The minimum absolute atomic E-state index is 0.0944. The largest absolute Gasteiger partial charge is 0.495 e. The molecule has 4 nitrogen and oxygen atoms in total. The van der Waals surface area contributed by atoms with E-state index in [9.17, 15) is 9.90 Å². The van der Waals surface area contributed by atoms with Crippen molar-refractivity contribution in [3.8, 4) is 5.75 Å². The second-order valence-corrected chi connectivity index (χ2v) is 6.06. The predicted molar refractivity (Wildman–Crippen MR) is 88.0 cm³/mol. The zero-order valence-corrected chi connectivity index (χ0v) is 13.7. The number of aliphatic hydroxyl groups excluding tert-OH is 1. The zero-order chi connectivity index (χ0) is 15.7. The van der Waals surface area contributed by atoms with Gasteiger partial charge in [0.15, 0.2) is 0 Å². The maximum atomic E-state index is 12.7. The molecule has 0 unspecified atom stereocenters. The molecule has 2 aromatic carbocycles. The number of aliphatic hydroxyl groups is 1. The second kappa shape index (κ2) is 6.10. The van der Waals surface area contributed by atoms with Crippen LogP contribution in [0, 0.1) is 0 Å². The third-order valence-corrected chi connectivity index (χ3v) is 4.55. The van der Waals surface area contributed by atoms with Gasteiger partial charge in [-0.15, -0.1) is 0 Å². The first kappa shape index (κ1) is 15.1. The number of carbonyl (C=O) groups excluding carboxylic acids is 1. The van der Waals surface area contributed by atoms with Gasteiger partial charge in [0.1, 0.15) is 12.0 Å². The van der Waals surface area contributed by atoms with E-state index >= 15 is 0 Å². The van der Waals surface area contributed by atoms with E-state index in [1.807, 2.05) is 36.4 Å². The Morgan fingerprint density at radius 3 is 2.64 bits per heavy atom. The van der Waals surface area contributed by atoms with Gasteiger partial charge >= 0.3 is 0 Å². The summed E-state index contributed by atoms with van der Waals surface area (Å²) in [6, 6.07) is 14.9. The molecule has 0 spiro atoms. The van der Waals surface area contributed by atoms with E-state index in [1.165, 1.54) is 4.90 Å². The quantitative estimate of drug-likeness (QED) is 0.912. The van der Waals surface area contributed by atoms with Crippen LogP contribution in [-0.2, 0) is 4.79 Å². The molecule has 22 heavy (non-hydrogen) atoms. The number of hydrogen-bond donors (Lipinski definition) is 1. The van der Waals surface area contributed by atoms with Crippen LogP contribution in [-0.4, -0.2) is 24.4 Å². The fourth-order valence-corrected chi connectivity index (χ4v) is 3.20. The van der Waals surface area contributed by atoms with Gasteiger partial charge in [-0.1, -0.05) is 30.3 Å². The summed E-state index contributed by atoms with van der Waals surface area (Å²) in [5, 5.41) is 10.3. The highest BCUT2D eigenvalue weighted by Crippen LogP contribution is 2.38. The van der Waals surface area contributed by atoms with Crippen LogP contribution in [0.1, 0.15) is 17.9 Å². The summed E-state index contributed by atoms with van der Waals surface area (Å²) in [5.74, 6) is 0.217. The van der Waals surface area contributed by atoms with Gasteiger partial charge in [0.2, 0.25) is 5.91 Å². The summed E-state index contributed by atoms with van der Waals surface area (Å²) in [7, 11) is 1.57. The maximum Gasteiger partial charge on any atom is 0.236 e. The van der Waals surface area contributed by atoms with Crippen LogP contribution in [0.15, 0.2) is 53.0 Å². The highest BCUT2D eigenvalue weighted by molar-refractivity contribution is 9.10. The van der Waals surface area contributed by atoms with E-state index in [2.05, 4.69) is 15.9 Å². The Morgan fingerprint density at radius 1 is 1.23 bits per heavy atom. The molecule has 2 atom stereocenters. The average molecular weight is 362 g/mol. The van der Waals surface area contributed by atoms with Crippen molar-refractivity contribution in [2.24, 2.45) is 0 Å². The van der Waals surface area contributed by atoms with Crippen molar-refractivity contribution in [3.63, 3.8) is 0 Å². The molecule has 0 aliphatic carbocycles. The Morgan fingerprint density at radius 2 is 1.95 bits per heavy atom. The number of methoxy groups -OCH3 is 1. The van der Waals surface area contributed by atoms with Crippen LogP contribution in [0.4, 0.5) is 5.69 Å². The maximum absolute atomic E-state index is 12.7. The van der Waals surface area contributed by atoms with Crippen molar-refractivity contribution < 1.29 is 14.6 Å². The molecule has 3 rings (SSSR count). The van der Waals surface area contributed by atoms with E-state index in [4.69, 9.17) is 4.74 Å². The third kappa shape index (κ3) is 2.62. The summed E-state index contributed by atoms with van der Waals surface area (Å²) in [6.07, 6.45) is -0.440. The molecule has 114 valence electrons. The van der Waals surface area contributed by atoms with Crippen LogP contribution in [0.3, 0.4) is 0 Å². The third-order valence-electron chi connectivity index (χ3n) is 3.89. The van der Waals surface area contributed by atoms with Crippen molar-refractivity contribution in [3.05, 3.63) is 58.6 Å². The van der Waals surface area contributed by atoms with Gasteiger partial charge in [-0.2, -0.15) is 0 Å². The molecule has 1 amide bonds. The molecule has 1 heterocycles. The van der Waals surface area contributed by atoms with Gasteiger partial charge in [0.25, 0.3) is 0 Å². The van der Waals surface area contributed by atoms with Crippen molar-refractivity contribution in [1.29, 1.82) is 0 Å². The molecule has 0 aromatic heterocycles. The molecule has 1 aliphatic heterocycles. The van der Waals surface area contributed by atoms with E-state index in [1.54, 1.807) is 19.2 Å². The predicted octanol–water partition coefficient (Wildman–Crippen LogP) is 3.30. The van der Waals surface area contributed by atoms with Gasteiger partial charge < -0.3 is 9.84 Å². The topological polar surface area (TPSA) is 49.8 Å². The lowest BCUT2D eigenvalue weighted by atomic mass is 9.97. The van der Waals surface area contributed by atoms with Crippen LogP contribution in [0.2, 0.25) is 0 Å². The van der Waals surface area contributed by atoms with Gasteiger partial charge in [-0.25, -0.2) is 0 Å². The zero-order valence-electron chi connectivity index (χ0n) is 12.1. The smallest absolute Gasteiger partial charge is 0.236 e. The van der Waals surface area contributed by atoms with E-state index in [0.717, 1.165) is 10.0 Å². The number of amides is 1. The van der Waals surface area contributed by atoms with Crippen molar-refractivity contribution in [1.82, 2.24) is 0 Å². The minimum atomic E-state index is -0.830. The Kier molecular flexibility index (Phi) is 4.18. The summed E-state index contributed by atoms with van der Waals surface area (Å²) in [5.41, 5.74) is 1.56. The number of benzene rings is 2. The number of carbonyl (C=O) groups is 1. The number of nitrogens with zero attached hydrogens (tertiary/aromatic N) is 1. The average Bonchev–Trinajstić information content (AvgIpc) is 2.84. The van der Waals surface area contributed by atoms with E-state index in [0.29, 0.717) is 17.9 Å². The van der Waals surface area contributed by atoms with Gasteiger partial charge in [-0.05, 0) is 33.6 Å². The standard InChI is InChI=1S/C17H16BrNO3/c1-22-15-9-12(7-8-14(15)18)19-16(20)10-13(17(19)21)11-5-3-2-4-6-11/h2-9,13,16,20H,10H2,1H3/t13-,16-/m0/s1. The monoisotopic (exact) mass is 361 g/mol. The summed E-state index contributed by atoms with van der Waals surface area (Å²) < 4.78 is 6.07. The highest BCUT2D eigenvalue weighted by atomic mass is 79.9. The van der Waals surface area contributed by atoms with E-state index < -0.39 is 6.23 Å². The molecule has 0 bridgehead atoms. The Hall–Kier alpha value is -1.85. The Bertz CT molecular complexity index is 690. The number of anilines is 1. The van der Waals surface area contributed by atoms with Crippen molar-refractivity contribution in [2.75, 3.05) is 12.0 Å². The van der Waals surface area contributed by atoms with Crippen molar-refractivity contribution >= 4 is 27.5 Å². The summed E-state index contributed by atoms with van der Waals surface area (Å²) in [4.78, 5) is 14.2. The number of rotatable bonds is 3. The SMILES string of the molecule is COc1cc(N2C(=O)[C@H](c3ccccc3)C[C@@H]2O)ccc1Br. The first-order valence-electron chi connectivity index (χ1n) is 7.01. The number of hydrogen-bond acceptors (Lipinski definition) is 3. The minimum Gasteiger partial charge on any atom is -0.495 e. The second-order valence-electron chi connectivity index (χ2n) is 5.21. The highest BCUT2D eigenvalue weighted by Gasteiger charge is 2.40. The lowest BCUT2D eigenvalue weighted by Crippen LogP contribution is -2.33. The van der Waals surface area contributed by atoms with Gasteiger partial charge in [0, 0.05) is 12.5 Å². The Labute approximate surface area is 137 Å². The van der Waals surface area contributed by atoms with Crippen molar-refractivity contribution in [2.45, 2.75) is 18.6 Å². The lowest BCUT2D eigenvalue weighted by Gasteiger charge is -2.21. The summed E-state index contributed by atoms with van der Waals surface area (Å²) >= 11 is 3.39. The fourth-order valence-electron chi connectivity index (χ4n) is 2.79. The molecule has 1 saturated heterocycles. The summed E-state index contributed by atoms with van der Waals surface area (Å²) in [6.45, 7) is 0. The molecule has 0 saturated carbocycles. The lowest BCUT2D eigenvalue weighted by molar-refractivity contribution is -0.118. The molecule has 1 fully saturated rings. The molecular formula is C17H16BrNO3. The van der Waals surface area contributed by atoms with Crippen LogP contribution < -0.4 is 9.64 Å². The molecule has 1 aliphatic rings. The normalized spacial score (nSPS) is 21.2.